The van der Waals surface area contributed by atoms with Gasteiger partial charge in [-0.05, 0) is 23.8 Å². The molecule has 0 aliphatic heterocycles. The molecule has 0 amide bonds. The highest BCUT2D eigenvalue weighted by molar-refractivity contribution is 5.71. The van der Waals surface area contributed by atoms with E-state index >= 15 is 0 Å². The van der Waals surface area contributed by atoms with Crippen molar-refractivity contribution in [3.8, 4) is 0 Å². The smallest absolute Gasteiger partial charge is 0.0804 e. The number of hydrogen-bond donors (Lipinski definition) is 3. The van der Waals surface area contributed by atoms with Crippen LogP contribution in [-0.4, -0.2) is 4.98 Å². The highest BCUT2D eigenvalue weighted by Crippen LogP contribution is 2.21. The molecule has 0 unspecified atom stereocenters. The number of nitrogen functional groups attached to an aromatic ring is 1. The first-order chi connectivity index (χ1) is 7.79. The first-order valence-electron chi connectivity index (χ1n) is 5.05. The first-order valence-corrected chi connectivity index (χ1v) is 5.05. The second-order valence-corrected chi connectivity index (χ2v) is 3.49. The van der Waals surface area contributed by atoms with Crippen molar-refractivity contribution in [1.29, 1.82) is 0 Å². The van der Waals surface area contributed by atoms with Crippen LogP contribution in [0.1, 0.15) is 5.56 Å². The fourth-order valence-electron chi connectivity index (χ4n) is 1.39. The van der Waals surface area contributed by atoms with Gasteiger partial charge in [0.15, 0.2) is 0 Å². The van der Waals surface area contributed by atoms with Gasteiger partial charge in [0.25, 0.3) is 0 Å². The van der Waals surface area contributed by atoms with E-state index in [9.17, 15) is 0 Å². The molecule has 0 radical (unpaired) electrons. The summed E-state index contributed by atoms with van der Waals surface area (Å²) in [6, 6.07) is 9.66. The summed E-state index contributed by atoms with van der Waals surface area (Å²) in [6.45, 7) is 0.551. The van der Waals surface area contributed by atoms with Gasteiger partial charge >= 0.3 is 0 Å². The quantitative estimate of drug-likeness (QED) is 0.729. The minimum absolute atomic E-state index is 0.551. The topological polar surface area (TPSA) is 77.0 Å². The summed E-state index contributed by atoms with van der Waals surface area (Å²) in [6.07, 6.45) is 3.37. The van der Waals surface area contributed by atoms with Gasteiger partial charge in [0, 0.05) is 18.4 Å². The fourth-order valence-corrected chi connectivity index (χ4v) is 1.39. The number of hydrogen-bond acceptors (Lipinski definition) is 4. The number of nitrogens with two attached hydrogens (primary N) is 2. The molecule has 4 heteroatoms. The van der Waals surface area contributed by atoms with Gasteiger partial charge in [-0.2, -0.15) is 0 Å². The van der Waals surface area contributed by atoms with Crippen molar-refractivity contribution < 1.29 is 0 Å². The normalized spacial score (nSPS) is 10.1. The van der Waals surface area contributed by atoms with Gasteiger partial charge in [0.2, 0.25) is 0 Å². The molecule has 5 N–H and O–H groups in total. The summed E-state index contributed by atoms with van der Waals surface area (Å²) in [5.41, 5.74) is 14.9. The van der Waals surface area contributed by atoms with Gasteiger partial charge in [0.05, 0.1) is 17.6 Å². The zero-order chi connectivity index (χ0) is 11.4. The van der Waals surface area contributed by atoms with Crippen LogP contribution in [0.5, 0.6) is 0 Å². The molecule has 0 bridgehead atoms. The molecule has 2 rings (SSSR count). The molecule has 0 fully saturated rings. The molecule has 0 saturated heterocycles. The van der Waals surface area contributed by atoms with E-state index in [2.05, 4.69) is 10.3 Å². The molecule has 1 aromatic carbocycles. The zero-order valence-corrected chi connectivity index (χ0v) is 8.85. The van der Waals surface area contributed by atoms with E-state index in [1.54, 1.807) is 18.5 Å². The van der Waals surface area contributed by atoms with Crippen molar-refractivity contribution >= 4 is 17.1 Å². The fraction of sp³-hybridized carbons (Fsp3) is 0.0833. The van der Waals surface area contributed by atoms with E-state index in [0.717, 1.165) is 16.9 Å². The number of benzene rings is 1. The number of aromatic nitrogens is 1. The predicted octanol–water partition coefficient (Wildman–Crippen LogP) is 1.87. The van der Waals surface area contributed by atoms with Gasteiger partial charge in [0.1, 0.15) is 0 Å². The maximum absolute atomic E-state index is 5.80. The van der Waals surface area contributed by atoms with Crippen LogP contribution >= 0.6 is 0 Å². The van der Waals surface area contributed by atoms with Crippen molar-refractivity contribution in [3.63, 3.8) is 0 Å². The molecule has 16 heavy (non-hydrogen) atoms. The first kappa shape index (κ1) is 10.4. The Balaban J connectivity index is 2.18. The van der Waals surface area contributed by atoms with Crippen LogP contribution in [0.3, 0.4) is 0 Å². The number of anilines is 3. The second kappa shape index (κ2) is 4.63. The molecular formula is C12H14N4. The lowest BCUT2D eigenvalue weighted by molar-refractivity contribution is 1.07. The Hall–Kier alpha value is -2.07. The molecule has 0 aliphatic carbocycles. The van der Waals surface area contributed by atoms with Crippen LogP contribution < -0.4 is 16.8 Å². The molecule has 1 heterocycles. The van der Waals surface area contributed by atoms with Gasteiger partial charge in [-0.3, -0.25) is 4.98 Å². The summed E-state index contributed by atoms with van der Waals surface area (Å²) in [5, 5.41) is 3.20. The van der Waals surface area contributed by atoms with Crippen LogP contribution in [-0.2, 0) is 6.54 Å². The molecular weight excluding hydrogens is 200 g/mol. The third-order valence-corrected chi connectivity index (χ3v) is 2.32. The van der Waals surface area contributed by atoms with Gasteiger partial charge < -0.3 is 16.8 Å². The Morgan fingerprint density at radius 2 is 1.88 bits per heavy atom. The van der Waals surface area contributed by atoms with Crippen LogP contribution in [0.25, 0.3) is 0 Å². The van der Waals surface area contributed by atoms with E-state index in [1.165, 1.54) is 0 Å². The van der Waals surface area contributed by atoms with Crippen molar-refractivity contribution in [2.24, 2.45) is 5.73 Å². The lowest BCUT2D eigenvalue weighted by Crippen LogP contribution is -1.98. The standard InChI is InChI=1S/C12H14N4/c13-7-9-1-3-10(4-2-9)16-12-8-15-6-5-11(12)14/h1-6,8,16H,7,13H2,(H2,14,15). The average molecular weight is 214 g/mol. The predicted molar refractivity (Wildman–Crippen MR) is 66.3 cm³/mol. The van der Waals surface area contributed by atoms with E-state index in [1.807, 2.05) is 24.3 Å². The third kappa shape index (κ3) is 2.29. The summed E-state index contributed by atoms with van der Waals surface area (Å²) in [7, 11) is 0. The largest absolute Gasteiger partial charge is 0.397 e. The van der Waals surface area contributed by atoms with Crippen molar-refractivity contribution in [1.82, 2.24) is 4.98 Å². The van der Waals surface area contributed by atoms with Gasteiger partial charge in [-0.15, -0.1) is 0 Å². The Morgan fingerprint density at radius 3 is 2.50 bits per heavy atom. The van der Waals surface area contributed by atoms with Crippen LogP contribution in [0.4, 0.5) is 17.1 Å². The Morgan fingerprint density at radius 1 is 1.12 bits per heavy atom. The molecule has 1 aromatic heterocycles. The average Bonchev–Trinajstić information content (AvgIpc) is 2.33. The number of nitrogens with one attached hydrogen (secondary N) is 1. The van der Waals surface area contributed by atoms with E-state index < -0.39 is 0 Å². The Labute approximate surface area is 94.3 Å². The highest BCUT2D eigenvalue weighted by atomic mass is 14.9. The maximum atomic E-state index is 5.80. The van der Waals surface area contributed by atoms with E-state index in [4.69, 9.17) is 11.5 Å². The molecule has 0 saturated carbocycles. The molecule has 0 aliphatic rings. The molecule has 2 aromatic rings. The Bertz CT molecular complexity index is 465. The van der Waals surface area contributed by atoms with Crippen LogP contribution in [0.2, 0.25) is 0 Å². The zero-order valence-electron chi connectivity index (χ0n) is 8.85. The molecule has 0 spiro atoms. The minimum atomic E-state index is 0.551. The van der Waals surface area contributed by atoms with Crippen molar-refractivity contribution in [2.45, 2.75) is 6.54 Å². The lowest BCUT2D eigenvalue weighted by Gasteiger charge is -2.08. The SMILES string of the molecule is NCc1ccc(Nc2cnccc2N)cc1. The number of pyridine rings is 1. The lowest BCUT2D eigenvalue weighted by atomic mass is 10.2. The summed E-state index contributed by atoms with van der Waals surface area (Å²) in [4.78, 5) is 4.01. The van der Waals surface area contributed by atoms with Crippen molar-refractivity contribution in [3.05, 3.63) is 48.3 Å². The summed E-state index contributed by atoms with van der Waals surface area (Å²) in [5.74, 6) is 0. The van der Waals surface area contributed by atoms with Crippen molar-refractivity contribution in [2.75, 3.05) is 11.1 Å². The van der Waals surface area contributed by atoms with Crippen LogP contribution in [0.15, 0.2) is 42.7 Å². The molecule has 0 atom stereocenters. The van der Waals surface area contributed by atoms with E-state index in [0.29, 0.717) is 12.2 Å². The number of rotatable bonds is 3. The van der Waals surface area contributed by atoms with Gasteiger partial charge in [-0.25, -0.2) is 0 Å². The number of nitrogens with zero attached hydrogens (tertiary/aromatic N) is 1. The maximum Gasteiger partial charge on any atom is 0.0804 e. The van der Waals surface area contributed by atoms with Gasteiger partial charge in [-0.1, -0.05) is 12.1 Å². The molecule has 82 valence electrons. The highest BCUT2D eigenvalue weighted by Gasteiger charge is 1.98. The van der Waals surface area contributed by atoms with Crippen LogP contribution in [0, 0.1) is 0 Å². The third-order valence-electron chi connectivity index (χ3n) is 2.32. The molecule has 4 nitrogen and oxygen atoms in total. The second-order valence-electron chi connectivity index (χ2n) is 3.49. The summed E-state index contributed by atoms with van der Waals surface area (Å²) < 4.78 is 0. The monoisotopic (exact) mass is 214 g/mol. The minimum Gasteiger partial charge on any atom is -0.397 e. The summed E-state index contributed by atoms with van der Waals surface area (Å²) >= 11 is 0. The van der Waals surface area contributed by atoms with E-state index in [-0.39, 0.29) is 0 Å². The Kier molecular flexibility index (Phi) is 3.03.